The highest BCUT2D eigenvalue weighted by Crippen LogP contribution is 2.42. The van der Waals surface area contributed by atoms with E-state index in [9.17, 15) is 0 Å². The summed E-state index contributed by atoms with van der Waals surface area (Å²) < 4.78 is 3.40. The number of thiophene rings is 1. The van der Waals surface area contributed by atoms with Crippen LogP contribution in [0.2, 0.25) is 0 Å². The molecule has 0 N–H and O–H groups in total. The van der Waals surface area contributed by atoms with E-state index in [1.807, 2.05) is 0 Å². The fourth-order valence-electron chi connectivity index (χ4n) is 2.10. The van der Waals surface area contributed by atoms with Crippen LogP contribution in [0.4, 0.5) is 0 Å². The molecule has 0 saturated heterocycles. The zero-order valence-corrected chi connectivity index (χ0v) is 17.2. The fraction of sp³-hybridized carbons (Fsp3) is 0.0667. The first-order chi connectivity index (χ1) is 9.54. The first-order valence-electron chi connectivity index (χ1n) is 5.82. The third-order valence-corrected chi connectivity index (χ3v) is 6.98. The van der Waals surface area contributed by atoms with E-state index in [1.54, 1.807) is 11.3 Å². The third-order valence-electron chi connectivity index (χ3n) is 3.08. The molecule has 5 heteroatoms. The molecule has 0 spiro atoms. The lowest BCUT2D eigenvalue weighted by molar-refractivity contribution is 1.19. The molecule has 2 aromatic carbocycles. The van der Waals surface area contributed by atoms with Gasteiger partial charge in [0.2, 0.25) is 0 Å². The highest BCUT2D eigenvalue weighted by atomic mass is 79.9. The molecule has 0 nitrogen and oxygen atoms in total. The Labute approximate surface area is 155 Å². The van der Waals surface area contributed by atoms with Crippen LogP contribution in [0.3, 0.4) is 0 Å². The smallest absolute Gasteiger partial charge is 0.0757 e. The van der Waals surface area contributed by atoms with Crippen molar-refractivity contribution in [3.8, 4) is 0 Å². The van der Waals surface area contributed by atoms with Crippen molar-refractivity contribution >= 4 is 85.8 Å². The van der Waals surface area contributed by atoms with Crippen LogP contribution in [-0.4, -0.2) is 0 Å². The lowest BCUT2D eigenvalue weighted by Gasteiger charge is -2.11. The zero-order chi connectivity index (χ0) is 14.3. The van der Waals surface area contributed by atoms with Gasteiger partial charge in [-0.2, -0.15) is 0 Å². The topological polar surface area (TPSA) is 0 Å². The summed E-state index contributed by atoms with van der Waals surface area (Å²) in [5.74, 6) is 0. The fourth-order valence-corrected chi connectivity index (χ4v) is 6.48. The predicted molar refractivity (Wildman–Crippen MR) is 102 cm³/mol. The Hall–Kier alpha value is 0.320. The van der Waals surface area contributed by atoms with E-state index in [4.69, 9.17) is 0 Å². The largest absolute Gasteiger partial charge is 0.121 e. The van der Waals surface area contributed by atoms with Gasteiger partial charge >= 0.3 is 0 Å². The molecular weight excluding hydrogens is 532 g/mol. The van der Waals surface area contributed by atoms with Crippen LogP contribution in [0.5, 0.6) is 0 Å². The molecule has 1 atom stereocenters. The summed E-state index contributed by atoms with van der Waals surface area (Å²) in [6.45, 7) is 0. The Morgan fingerprint density at radius 3 is 2.25 bits per heavy atom. The number of fused-ring (bicyclic) bond motifs is 1. The van der Waals surface area contributed by atoms with Crippen LogP contribution >= 0.6 is 75.1 Å². The van der Waals surface area contributed by atoms with Crippen molar-refractivity contribution in [1.82, 2.24) is 0 Å². The van der Waals surface area contributed by atoms with Crippen molar-refractivity contribution in [2.24, 2.45) is 0 Å². The number of halogens is 4. The molecule has 0 bridgehead atoms. The monoisotopic (exact) mass is 536 g/mol. The predicted octanol–water partition coefficient (Wildman–Crippen LogP) is 7.67. The maximum Gasteiger partial charge on any atom is 0.0757 e. The summed E-state index contributed by atoms with van der Waals surface area (Å²) in [4.78, 5) is 0.187. The third kappa shape index (κ3) is 3.07. The van der Waals surface area contributed by atoms with Gasteiger partial charge in [0.1, 0.15) is 0 Å². The van der Waals surface area contributed by atoms with Crippen molar-refractivity contribution in [1.29, 1.82) is 0 Å². The molecule has 0 fully saturated rings. The van der Waals surface area contributed by atoms with Crippen LogP contribution in [0, 0.1) is 0 Å². The molecule has 0 saturated carbocycles. The van der Waals surface area contributed by atoms with Crippen LogP contribution in [0.1, 0.15) is 16.0 Å². The van der Waals surface area contributed by atoms with E-state index in [0.29, 0.717) is 0 Å². The Morgan fingerprint density at radius 1 is 0.850 bits per heavy atom. The maximum absolute atomic E-state index is 3.81. The maximum atomic E-state index is 3.81. The molecule has 0 aliphatic rings. The van der Waals surface area contributed by atoms with Crippen LogP contribution in [-0.2, 0) is 0 Å². The first-order valence-corrected chi connectivity index (χ1v) is 9.94. The second-order valence-corrected chi connectivity index (χ2v) is 9.97. The van der Waals surface area contributed by atoms with Gasteiger partial charge in [0.25, 0.3) is 0 Å². The molecule has 3 rings (SSSR count). The van der Waals surface area contributed by atoms with Gasteiger partial charge in [0, 0.05) is 4.47 Å². The SMILES string of the molecule is Brc1ccc2cc(C(Br)c3cc(Br)sc3Br)ccc2c1. The van der Waals surface area contributed by atoms with Crippen LogP contribution < -0.4 is 0 Å². The summed E-state index contributed by atoms with van der Waals surface area (Å²) in [5.41, 5.74) is 2.50. The Bertz CT molecular complexity index is 779. The van der Waals surface area contributed by atoms with E-state index in [-0.39, 0.29) is 4.83 Å². The van der Waals surface area contributed by atoms with Crippen molar-refractivity contribution in [2.75, 3.05) is 0 Å². The van der Waals surface area contributed by atoms with E-state index in [0.717, 1.165) is 12.0 Å². The number of hydrogen-bond donors (Lipinski definition) is 0. The number of rotatable bonds is 2. The highest BCUT2D eigenvalue weighted by Gasteiger charge is 2.16. The normalized spacial score (nSPS) is 12.8. The summed E-state index contributed by atoms with van der Waals surface area (Å²) >= 11 is 16.2. The van der Waals surface area contributed by atoms with Crippen LogP contribution in [0.25, 0.3) is 10.8 Å². The number of alkyl halides is 1. The summed E-state index contributed by atoms with van der Waals surface area (Å²) in [6, 6.07) is 15.1. The van der Waals surface area contributed by atoms with Crippen molar-refractivity contribution in [3.63, 3.8) is 0 Å². The van der Waals surface area contributed by atoms with E-state index < -0.39 is 0 Å². The zero-order valence-electron chi connectivity index (χ0n) is 10.0. The molecule has 0 aliphatic heterocycles. The molecule has 0 amide bonds. The molecule has 3 aromatic rings. The standard InChI is InChI=1S/C15H8Br4S/c16-11-4-3-8-5-10(2-1-9(8)6-11)14(18)12-7-13(17)20-15(12)19/h1-7,14H. The molecule has 1 unspecified atom stereocenters. The molecule has 0 radical (unpaired) electrons. The average molecular weight is 540 g/mol. The summed E-state index contributed by atoms with van der Waals surface area (Å²) in [6.07, 6.45) is 0. The minimum absolute atomic E-state index is 0.187. The molecule has 20 heavy (non-hydrogen) atoms. The number of benzene rings is 2. The first kappa shape index (κ1) is 15.2. The summed E-state index contributed by atoms with van der Waals surface area (Å²) in [5, 5.41) is 2.49. The van der Waals surface area contributed by atoms with Gasteiger partial charge in [-0.1, -0.05) is 50.1 Å². The molecule has 1 heterocycles. The van der Waals surface area contributed by atoms with Gasteiger partial charge in [-0.25, -0.2) is 0 Å². The molecular formula is C15H8Br4S. The Morgan fingerprint density at radius 2 is 1.55 bits per heavy atom. The van der Waals surface area contributed by atoms with Gasteiger partial charge in [0.05, 0.1) is 12.4 Å². The van der Waals surface area contributed by atoms with Gasteiger partial charge in [-0.3, -0.25) is 0 Å². The van der Waals surface area contributed by atoms with Crippen molar-refractivity contribution < 1.29 is 0 Å². The van der Waals surface area contributed by atoms with Crippen molar-refractivity contribution in [2.45, 2.75) is 4.83 Å². The second-order valence-electron chi connectivity index (χ2n) is 4.39. The average Bonchev–Trinajstić information content (AvgIpc) is 2.76. The van der Waals surface area contributed by atoms with E-state index >= 15 is 0 Å². The lowest BCUT2D eigenvalue weighted by atomic mass is 10.0. The second kappa shape index (κ2) is 6.21. The van der Waals surface area contributed by atoms with Crippen LogP contribution in [0.15, 0.2) is 54.5 Å². The minimum atomic E-state index is 0.187. The van der Waals surface area contributed by atoms with E-state index in [1.165, 1.54) is 21.9 Å². The highest BCUT2D eigenvalue weighted by molar-refractivity contribution is 9.12. The van der Waals surface area contributed by atoms with E-state index in [2.05, 4.69) is 106 Å². The van der Waals surface area contributed by atoms with Crippen molar-refractivity contribution in [3.05, 3.63) is 65.6 Å². The molecule has 1 aromatic heterocycles. The van der Waals surface area contributed by atoms with Gasteiger partial charge in [-0.05, 0) is 78.0 Å². The number of hydrogen-bond acceptors (Lipinski definition) is 1. The van der Waals surface area contributed by atoms with Gasteiger partial charge < -0.3 is 0 Å². The van der Waals surface area contributed by atoms with Gasteiger partial charge in [-0.15, -0.1) is 11.3 Å². The molecule has 0 aliphatic carbocycles. The molecule has 102 valence electrons. The summed E-state index contributed by atoms with van der Waals surface area (Å²) in [7, 11) is 0. The van der Waals surface area contributed by atoms with Gasteiger partial charge in [0.15, 0.2) is 0 Å². The minimum Gasteiger partial charge on any atom is -0.121 e. The quantitative estimate of drug-likeness (QED) is 0.293. The lowest BCUT2D eigenvalue weighted by Crippen LogP contribution is -1.91. The Kier molecular flexibility index (Phi) is 4.73. The Balaban J connectivity index is 2.05.